The van der Waals surface area contributed by atoms with E-state index in [2.05, 4.69) is 0 Å². The molecular formula is C11H15NO. The Bertz CT molecular complexity index is 318. The van der Waals surface area contributed by atoms with Gasteiger partial charge in [0.25, 0.3) is 0 Å². The van der Waals surface area contributed by atoms with Crippen molar-refractivity contribution in [2.75, 3.05) is 0 Å². The quantitative estimate of drug-likeness (QED) is 0.719. The molecule has 1 atom stereocenters. The summed E-state index contributed by atoms with van der Waals surface area (Å²) in [5.74, 6) is 0. The van der Waals surface area contributed by atoms with Crippen LogP contribution in [0, 0.1) is 6.92 Å². The van der Waals surface area contributed by atoms with Crippen LogP contribution in [0.1, 0.15) is 30.1 Å². The highest BCUT2D eigenvalue weighted by molar-refractivity contribution is 5.28. The molecule has 70 valence electrons. The van der Waals surface area contributed by atoms with Crippen molar-refractivity contribution in [3.8, 4) is 0 Å². The molecule has 13 heavy (non-hydrogen) atoms. The summed E-state index contributed by atoms with van der Waals surface area (Å²) in [6.07, 6.45) is 1.37. The predicted octanol–water partition coefficient (Wildman–Crippen LogP) is 1.52. The lowest BCUT2D eigenvalue weighted by atomic mass is 10.00. The van der Waals surface area contributed by atoms with Crippen LogP contribution in [0.4, 0.5) is 0 Å². The van der Waals surface area contributed by atoms with E-state index in [0.29, 0.717) is 0 Å². The first-order chi connectivity index (χ1) is 6.12. The number of hydrogen-bond donors (Lipinski definition) is 2. The maximum atomic E-state index is 9.92. The summed E-state index contributed by atoms with van der Waals surface area (Å²) < 4.78 is 0. The maximum absolute atomic E-state index is 9.92. The third-order valence-corrected chi connectivity index (χ3v) is 2.73. The molecule has 2 nitrogen and oxygen atoms in total. The van der Waals surface area contributed by atoms with Crippen LogP contribution in [0.15, 0.2) is 24.3 Å². The first kappa shape index (κ1) is 8.73. The van der Waals surface area contributed by atoms with Gasteiger partial charge < -0.3 is 10.8 Å². The Labute approximate surface area is 78.4 Å². The Morgan fingerprint density at radius 2 is 2.15 bits per heavy atom. The highest BCUT2D eigenvalue weighted by Gasteiger charge is 2.45. The molecule has 1 fully saturated rings. The highest BCUT2D eigenvalue weighted by Crippen LogP contribution is 2.43. The summed E-state index contributed by atoms with van der Waals surface area (Å²) in [7, 11) is 0. The summed E-state index contributed by atoms with van der Waals surface area (Å²) in [5.41, 5.74) is 7.69. The smallest absolute Gasteiger partial charge is 0.0969 e. The summed E-state index contributed by atoms with van der Waals surface area (Å²) in [4.78, 5) is 0. The minimum Gasteiger partial charge on any atom is -0.386 e. The van der Waals surface area contributed by atoms with Gasteiger partial charge in [0.15, 0.2) is 0 Å². The topological polar surface area (TPSA) is 46.2 Å². The Kier molecular flexibility index (Phi) is 1.90. The van der Waals surface area contributed by atoms with E-state index in [9.17, 15) is 5.11 Å². The van der Waals surface area contributed by atoms with Crippen molar-refractivity contribution in [1.29, 1.82) is 0 Å². The molecule has 0 amide bonds. The minimum atomic E-state index is -0.493. The van der Waals surface area contributed by atoms with Crippen molar-refractivity contribution in [2.45, 2.75) is 31.4 Å². The maximum Gasteiger partial charge on any atom is 0.0969 e. The molecule has 0 spiro atoms. The monoisotopic (exact) mass is 177 g/mol. The zero-order chi connectivity index (χ0) is 9.47. The molecule has 1 aromatic carbocycles. The van der Waals surface area contributed by atoms with Crippen LogP contribution in [-0.4, -0.2) is 10.6 Å². The lowest BCUT2D eigenvalue weighted by Crippen LogP contribution is -2.30. The Balaban J connectivity index is 2.25. The van der Waals surface area contributed by atoms with E-state index in [-0.39, 0.29) is 5.54 Å². The van der Waals surface area contributed by atoms with Crippen molar-refractivity contribution < 1.29 is 5.11 Å². The van der Waals surface area contributed by atoms with Crippen LogP contribution < -0.4 is 5.73 Å². The number of hydrogen-bond acceptors (Lipinski definition) is 2. The van der Waals surface area contributed by atoms with Gasteiger partial charge in [0.05, 0.1) is 6.10 Å². The van der Waals surface area contributed by atoms with Crippen LogP contribution in [0.2, 0.25) is 0 Å². The summed E-state index contributed by atoms with van der Waals surface area (Å²) in [6, 6.07) is 7.91. The molecule has 3 N–H and O–H groups in total. The fraction of sp³-hybridized carbons (Fsp3) is 0.455. The Morgan fingerprint density at radius 3 is 2.69 bits per heavy atom. The third-order valence-electron chi connectivity index (χ3n) is 2.73. The first-order valence-electron chi connectivity index (χ1n) is 4.65. The molecule has 1 aromatic rings. The number of aryl methyl sites for hydroxylation is 1. The second kappa shape index (κ2) is 2.82. The number of benzene rings is 1. The summed E-state index contributed by atoms with van der Waals surface area (Å²) in [5, 5.41) is 9.92. The van der Waals surface area contributed by atoms with Gasteiger partial charge in [-0.05, 0) is 25.3 Å². The van der Waals surface area contributed by atoms with Crippen molar-refractivity contribution in [3.05, 3.63) is 35.4 Å². The zero-order valence-electron chi connectivity index (χ0n) is 7.83. The first-order valence-corrected chi connectivity index (χ1v) is 4.65. The fourth-order valence-electron chi connectivity index (χ4n) is 1.59. The molecule has 0 bridgehead atoms. The minimum absolute atomic E-state index is 0.339. The number of rotatable bonds is 2. The Morgan fingerprint density at radius 1 is 1.46 bits per heavy atom. The van der Waals surface area contributed by atoms with Crippen LogP contribution in [0.5, 0.6) is 0 Å². The van der Waals surface area contributed by atoms with Crippen molar-refractivity contribution in [2.24, 2.45) is 5.73 Å². The van der Waals surface area contributed by atoms with E-state index in [1.165, 1.54) is 5.56 Å². The molecule has 1 aliphatic carbocycles. The average molecular weight is 177 g/mol. The second-order valence-corrected chi connectivity index (χ2v) is 4.05. The van der Waals surface area contributed by atoms with Gasteiger partial charge in [-0.25, -0.2) is 0 Å². The molecule has 0 radical (unpaired) electrons. The van der Waals surface area contributed by atoms with E-state index in [0.717, 1.165) is 18.4 Å². The molecular weight excluding hydrogens is 162 g/mol. The van der Waals surface area contributed by atoms with Crippen LogP contribution in [0.25, 0.3) is 0 Å². The molecule has 1 aliphatic rings. The normalized spacial score (nSPS) is 21.2. The second-order valence-electron chi connectivity index (χ2n) is 4.05. The lowest BCUT2D eigenvalue weighted by molar-refractivity contribution is 0.136. The van der Waals surface area contributed by atoms with E-state index in [4.69, 9.17) is 5.73 Å². The summed E-state index contributed by atoms with van der Waals surface area (Å²) in [6.45, 7) is 2.02. The standard InChI is InChI=1S/C11H15NO/c1-8-3-2-4-9(7-8)10(13)11(12)5-6-11/h2-4,7,10,13H,5-6,12H2,1H3. The largest absolute Gasteiger partial charge is 0.386 e. The van der Waals surface area contributed by atoms with E-state index in [1.54, 1.807) is 0 Å². The van der Waals surface area contributed by atoms with Gasteiger partial charge in [0.2, 0.25) is 0 Å². The zero-order valence-corrected chi connectivity index (χ0v) is 7.83. The fourth-order valence-corrected chi connectivity index (χ4v) is 1.59. The van der Waals surface area contributed by atoms with Gasteiger partial charge in [-0.3, -0.25) is 0 Å². The summed E-state index contributed by atoms with van der Waals surface area (Å²) >= 11 is 0. The molecule has 2 rings (SSSR count). The van der Waals surface area contributed by atoms with Crippen LogP contribution >= 0.6 is 0 Å². The van der Waals surface area contributed by atoms with Crippen LogP contribution in [-0.2, 0) is 0 Å². The average Bonchev–Trinajstić information content (AvgIpc) is 2.84. The number of aliphatic hydroxyl groups excluding tert-OH is 1. The van der Waals surface area contributed by atoms with Gasteiger partial charge in [-0.15, -0.1) is 0 Å². The molecule has 0 aliphatic heterocycles. The van der Waals surface area contributed by atoms with Gasteiger partial charge in [-0.1, -0.05) is 29.8 Å². The van der Waals surface area contributed by atoms with Crippen molar-refractivity contribution in [1.82, 2.24) is 0 Å². The molecule has 0 aromatic heterocycles. The molecule has 0 heterocycles. The molecule has 0 saturated heterocycles. The number of aliphatic hydroxyl groups is 1. The van der Waals surface area contributed by atoms with Crippen LogP contribution in [0.3, 0.4) is 0 Å². The van der Waals surface area contributed by atoms with Gasteiger partial charge in [0.1, 0.15) is 0 Å². The predicted molar refractivity (Wildman–Crippen MR) is 52.3 cm³/mol. The molecule has 1 saturated carbocycles. The lowest BCUT2D eigenvalue weighted by Gasteiger charge is -2.18. The van der Waals surface area contributed by atoms with E-state index >= 15 is 0 Å². The van der Waals surface area contributed by atoms with Gasteiger partial charge >= 0.3 is 0 Å². The van der Waals surface area contributed by atoms with Gasteiger partial charge in [0, 0.05) is 5.54 Å². The van der Waals surface area contributed by atoms with Crippen molar-refractivity contribution >= 4 is 0 Å². The third kappa shape index (κ3) is 1.60. The highest BCUT2D eigenvalue weighted by atomic mass is 16.3. The number of nitrogens with two attached hydrogens (primary N) is 1. The van der Waals surface area contributed by atoms with E-state index in [1.807, 2.05) is 31.2 Å². The Hall–Kier alpha value is -0.860. The van der Waals surface area contributed by atoms with Gasteiger partial charge in [-0.2, -0.15) is 0 Å². The SMILES string of the molecule is Cc1cccc(C(O)C2(N)CC2)c1. The van der Waals surface area contributed by atoms with E-state index < -0.39 is 6.10 Å². The van der Waals surface area contributed by atoms with Crippen molar-refractivity contribution in [3.63, 3.8) is 0 Å². The molecule has 2 heteroatoms. The molecule has 1 unspecified atom stereocenters.